The minimum absolute atomic E-state index is 0. The summed E-state index contributed by atoms with van der Waals surface area (Å²) in [6.45, 7) is 32.9. The highest BCUT2D eigenvalue weighted by Crippen LogP contribution is 2.10. The van der Waals surface area contributed by atoms with Gasteiger partial charge < -0.3 is 4.98 Å². The molecule has 0 amide bonds. The van der Waals surface area contributed by atoms with Crippen molar-refractivity contribution in [3.8, 4) is 0 Å². The molecule has 0 fully saturated rings. The van der Waals surface area contributed by atoms with E-state index in [9.17, 15) is 0 Å². The number of aromatic amines is 1. The Balaban J connectivity index is -0.0000000952. The van der Waals surface area contributed by atoms with Crippen LogP contribution in [0.2, 0.25) is 0 Å². The van der Waals surface area contributed by atoms with Crippen LogP contribution in [0.4, 0.5) is 0 Å². The zero-order valence-electron chi connectivity index (χ0n) is 28.9. The van der Waals surface area contributed by atoms with Crippen LogP contribution in [0.15, 0.2) is 60.6 Å². The summed E-state index contributed by atoms with van der Waals surface area (Å²) in [6, 6.07) is 12.7. The van der Waals surface area contributed by atoms with Gasteiger partial charge in [-0.1, -0.05) is 156 Å². The smallest absolute Gasteiger partial charge is 0.166 e. The molecule has 0 saturated heterocycles. The zero-order chi connectivity index (χ0) is 30.8. The van der Waals surface area contributed by atoms with Crippen molar-refractivity contribution in [2.24, 2.45) is 35.5 Å². The highest BCUT2D eigenvalue weighted by Gasteiger charge is 2.08. The summed E-state index contributed by atoms with van der Waals surface area (Å²) in [6.07, 6.45) is 11.7. The molecule has 0 atom stereocenters. The van der Waals surface area contributed by atoms with Crippen molar-refractivity contribution in [1.82, 2.24) is 4.98 Å². The van der Waals surface area contributed by atoms with Crippen LogP contribution in [0.25, 0.3) is 0 Å². The Morgan fingerprint density at radius 2 is 1.00 bits per heavy atom. The quantitative estimate of drug-likeness (QED) is 0.347. The molecule has 250 valence electrons. The van der Waals surface area contributed by atoms with Crippen molar-refractivity contribution in [2.75, 3.05) is 0 Å². The summed E-state index contributed by atoms with van der Waals surface area (Å²) in [7, 11) is 0. The molecular weight excluding hydrogens is 508 g/mol. The van der Waals surface area contributed by atoms with Gasteiger partial charge >= 0.3 is 0 Å². The van der Waals surface area contributed by atoms with E-state index in [-0.39, 0.29) is 22.3 Å². The molecule has 2 N–H and O–H groups in total. The topological polar surface area (TPSA) is 29.8 Å². The van der Waals surface area contributed by atoms with Crippen molar-refractivity contribution in [1.29, 1.82) is 0 Å². The predicted molar refractivity (Wildman–Crippen MR) is 201 cm³/mol. The van der Waals surface area contributed by atoms with E-state index in [0.717, 1.165) is 36.0 Å². The number of H-pyrrole nitrogens is 1. The first-order valence-electron chi connectivity index (χ1n) is 15.5. The van der Waals surface area contributed by atoms with Gasteiger partial charge in [0.2, 0.25) is 0 Å². The molecule has 42 heavy (non-hydrogen) atoms. The third-order valence-corrected chi connectivity index (χ3v) is 4.26. The average molecular weight is 590 g/mol. The molecule has 0 spiro atoms. The number of benzene rings is 1. The number of hydrogen-bond acceptors (Lipinski definition) is 0. The van der Waals surface area contributed by atoms with E-state index in [0.29, 0.717) is 5.92 Å². The molecule has 3 rings (SSSR count). The van der Waals surface area contributed by atoms with Crippen LogP contribution in [0.5, 0.6) is 0 Å². The first-order valence-corrected chi connectivity index (χ1v) is 15.5. The molecule has 0 bridgehead atoms. The van der Waals surface area contributed by atoms with E-state index < -0.39 is 0 Å². The van der Waals surface area contributed by atoms with Gasteiger partial charge in [0.25, 0.3) is 0 Å². The van der Waals surface area contributed by atoms with Gasteiger partial charge in [0, 0.05) is 18.0 Å². The summed E-state index contributed by atoms with van der Waals surface area (Å²) in [5, 5.41) is 0. The third-order valence-electron chi connectivity index (χ3n) is 4.26. The Kier molecular flexibility index (Phi) is 43.9. The Morgan fingerprint density at radius 1 is 0.595 bits per heavy atom. The summed E-state index contributed by atoms with van der Waals surface area (Å²) < 4.78 is 0. The zero-order valence-corrected chi connectivity index (χ0v) is 28.9. The highest BCUT2D eigenvalue weighted by atomic mass is 14.7. The Hall–Kier alpha value is -2.09. The van der Waals surface area contributed by atoms with E-state index in [4.69, 9.17) is 0 Å². The summed E-state index contributed by atoms with van der Waals surface area (Å²) in [5.41, 5.74) is 4.35. The molecule has 1 aromatic heterocycles. The van der Waals surface area contributed by atoms with Crippen LogP contribution >= 0.6 is 0 Å². The predicted octanol–water partition coefficient (Wildman–Crippen LogP) is 12.1. The monoisotopic (exact) mass is 590 g/mol. The molecule has 2 nitrogen and oxygen atoms in total. The maximum absolute atomic E-state index is 3.07. The van der Waals surface area contributed by atoms with Crippen LogP contribution < -0.4 is 4.99 Å². The molecular formula is C40H81N2+. The minimum atomic E-state index is 0. The second-order valence-electron chi connectivity index (χ2n) is 13.5. The number of rotatable bonds is 5. The number of hydrogen-bond donors (Lipinski definition) is 2. The van der Waals surface area contributed by atoms with Gasteiger partial charge in [-0.25, -0.2) is 4.99 Å². The van der Waals surface area contributed by atoms with E-state index in [1.54, 1.807) is 0 Å². The van der Waals surface area contributed by atoms with Crippen molar-refractivity contribution in [2.45, 2.75) is 145 Å². The summed E-state index contributed by atoms with van der Waals surface area (Å²) in [4.78, 5) is 6.10. The molecule has 0 saturated carbocycles. The van der Waals surface area contributed by atoms with Gasteiger partial charge in [-0.15, -0.1) is 0 Å². The molecule has 2 aromatic rings. The molecule has 0 unspecified atom stereocenters. The fourth-order valence-corrected chi connectivity index (χ4v) is 2.85. The van der Waals surface area contributed by atoms with E-state index in [1.807, 2.05) is 6.20 Å². The minimum Gasteiger partial charge on any atom is -0.367 e. The second kappa shape index (κ2) is 35.1. The fraction of sp³-hybridized carbons (Fsp3) is 0.675. The second-order valence-corrected chi connectivity index (χ2v) is 13.5. The van der Waals surface area contributed by atoms with Crippen LogP contribution in [0.3, 0.4) is 0 Å². The molecule has 0 radical (unpaired) electrons. The largest absolute Gasteiger partial charge is 0.367 e. The lowest BCUT2D eigenvalue weighted by Crippen LogP contribution is -2.58. The molecule has 1 aliphatic heterocycles. The van der Waals surface area contributed by atoms with Crippen molar-refractivity contribution in [3.63, 3.8) is 0 Å². The molecule has 1 aromatic carbocycles. The summed E-state index contributed by atoms with van der Waals surface area (Å²) in [5.74, 6) is 4.74. The molecule has 0 aliphatic carbocycles. The Labute approximate surface area is 268 Å². The normalized spacial score (nSPS) is 10.6. The maximum Gasteiger partial charge on any atom is 0.166 e. The van der Waals surface area contributed by atoms with E-state index in [1.165, 1.54) is 29.5 Å². The first-order chi connectivity index (χ1) is 18.1. The highest BCUT2D eigenvalue weighted by molar-refractivity contribution is 5.57. The Bertz CT molecular complexity index is 754. The number of nitrogens with one attached hydrogen (secondary N) is 2. The summed E-state index contributed by atoms with van der Waals surface area (Å²) >= 11 is 0. The standard InChI is InChI=1S/C10H14.C8H13N.C7H11N.3C4H10.3CH4/c1-9(2)8-10-6-4-3-5-7-10;1-7(2)5-8-3-4-9-6-8;1-6(2)7-3-4-8-5-7;3*1-4(2)3;;;/h3-7,9H,8H2,1-2H3;3-4,6-7,9H,5H2,1-2H3;4-6H,3H2,1-2H3;3*4H,1-3H3;3*1H4/p+1. The van der Waals surface area contributed by atoms with E-state index >= 15 is 0 Å². The lowest BCUT2D eigenvalue weighted by Gasteiger charge is -2.02. The van der Waals surface area contributed by atoms with E-state index in [2.05, 4.69) is 169 Å². The van der Waals surface area contributed by atoms with Crippen LogP contribution in [-0.2, 0) is 12.8 Å². The van der Waals surface area contributed by atoms with Crippen molar-refractivity contribution in [3.05, 3.63) is 71.7 Å². The fourth-order valence-electron chi connectivity index (χ4n) is 2.85. The van der Waals surface area contributed by atoms with Gasteiger partial charge in [0.1, 0.15) is 6.21 Å². The molecule has 2 heteroatoms. The SMILES string of the molecule is C.C.C.CC(C)C.CC(C)C.CC(C)C.CC(C)C1=C[NH+]=CC1.CC(C)Cc1cc[nH]c1.CC(C)Cc1ccccc1. The lowest BCUT2D eigenvalue weighted by atomic mass is 10.0. The molecule has 2 heterocycles. The van der Waals surface area contributed by atoms with Crippen LogP contribution in [0.1, 0.15) is 144 Å². The Morgan fingerprint density at radius 3 is 1.26 bits per heavy atom. The lowest BCUT2D eigenvalue weighted by molar-refractivity contribution is -0.363. The van der Waals surface area contributed by atoms with Crippen LogP contribution in [0, 0.1) is 35.5 Å². The van der Waals surface area contributed by atoms with Crippen molar-refractivity contribution >= 4 is 6.21 Å². The first kappa shape index (κ1) is 52.5. The van der Waals surface area contributed by atoms with Crippen molar-refractivity contribution < 1.29 is 4.99 Å². The number of allylic oxidation sites excluding steroid dienone is 1. The molecule has 1 aliphatic rings. The number of aromatic nitrogens is 1. The maximum atomic E-state index is 3.07. The van der Waals surface area contributed by atoms with Gasteiger partial charge in [-0.3, -0.25) is 0 Å². The average Bonchev–Trinajstić information content (AvgIpc) is 3.48. The van der Waals surface area contributed by atoms with Gasteiger partial charge in [-0.05, 0) is 65.5 Å². The third kappa shape index (κ3) is 50.7. The van der Waals surface area contributed by atoms with Gasteiger partial charge in [0.15, 0.2) is 6.20 Å². The van der Waals surface area contributed by atoms with Gasteiger partial charge in [0.05, 0.1) is 6.42 Å². The van der Waals surface area contributed by atoms with Crippen LogP contribution in [-0.4, -0.2) is 11.2 Å². The van der Waals surface area contributed by atoms with Gasteiger partial charge in [-0.2, -0.15) is 0 Å².